The lowest BCUT2D eigenvalue weighted by molar-refractivity contribution is 0.0979. The molecule has 0 aromatic carbocycles. The van der Waals surface area contributed by atoms with Crippen LogP contribution < -0.4 is 0 Å². The molecule has 0 spiro atoms. The zero-order chi connectivity index (χ0) is 5.82. The fourth-order valence-electron chi connectivity index (χ4n) is 0.477. The molecular weight excluding hydrogens is 128 g/mol. The van der Waals surface area contributed by atoms with Gasteiger partial charge in [0, 0.05) is 7.11 Å². The minimum Gasteiger partial charge on any atom is -0.382 e. The van der Waals surface area contributed by atoms with Crippen LogP contribution >= 0.6 is 12.3 Å². The highest BCUT2D eigenvalue weighted by molar-refractivity contribution is 7.90. The quantitative estimate of drug-likeness (QED) is 0.520. The first-order valence-electron chi connectivity index (χ1n) is 2.37. The van der Waals surface area contributed by atoms with Crippen LogP contribution in [-0.2, 0) is 13.1 Å². The summed E-state index contributed by atoms with van der Waals surface area (Å²) in [5, 5.41) is 0. The molecule has 0 unspecified atom stereocenters. The van der Waals surface area contributed by atoms with Gasteiger partial charge in [-0.15, -0.1) is 0 Å². The van der Waals surface area contributed by atoms with E-state index in [1.807, 2.05) is 0 Å². The molecule has 1 saturated heterocycles. The number of hydrogen-bond donors (Lipinski definition) is 0. The molecule has 0 bridgehead atoms. The summed E-state index contributed by atoms with van der Waals surface area (Å²) in [6.07, 6.45) is 0.130. The van der Waals surface area contributed by atoms with Gasteiger partial charge in [-0.25, -0.2) is 0 Å². The van der Waals surface area contributed by atoms with Gasteiger partial charge in [0.1, 0.15) is 6.10 Å². The van der Waals surface area contributed by atoms with Crippen molar-refractivity contribution in [2.45, 2.75) is 6.10 Å². The third-order valence-corrected chi connectivity index (χ3v) is 1.41. The molecule has 1 aliphatic rings. The Morgan fingerprint density at radius 2 is 2.75 bits per heavy atom. The molecule has 48 valence electrons. The lowest BCUT2D eigenvalue weighted by Crippen LogP contribution is -2.15. The van der Waals surface area contributed by atoms with E-state index in [1.54, 1.807) is 7.11 Å². The molecule has 0 aliphatic carbocycles. The van der Waals surface area contributed by atoms with E-state index < -0.39 is 0 Å². The fraction of sp³-hybridized carbons (Fsp3) is 1.00. The number of ether oxygens (including phenoxy) is 1. The lowest BCUT2D eigenvalue weighted by Gasteiger charge is -2.00. The first-order valence-corrected chi connectivity index (χ1v) is 3.04. The van der Waals surface area contributed by atoms with Crippen LogP contribution in [-0.4, -0.2) is 26.4 Å². The van der Waals surface area contributed by atoms with Gasteiger partial charge in [0.15, 0.2) is 12.3 Å². The van der Waals surface area contributed by atoms with Gasteiger partial charge in [0.25, 0.3) is 0 Å². The summed E-state index contributed by atoms with van der Waals surface area (Å²) in [6, 6.07) is 0. The van der Waals surface area contributed by atoms with Crippen molar-refractivity contribution >= 4 is 12.3 Å². The van der Waals surface area contributed by atoms with E-state index in [2.05, 4.69) is 0 Å². The highest BCUT2D eigenvalue weighted by Crippen LogP contribution is 2.18. The standard InChI is InChI=1S/C4H8O3S/c1-5-2-4-3-6-8-7-4/h4H,2-3H2,1H3/t4-/m0/s1. The maximum atomic E-state index is 4.96. The Kier molecular flexibility index (Phi) is 2.62. The van der Waals surface area contributed by atoms with E-state index >= 15 is 0 Å². The van der Waals surface area contributed by atoms with Crippen molar-refractivity contribution in [3.63, 3.8) is 0 Å². The van der Waals surface area contributed by atoms with Gasteiger partial charge in [0.2, 0.25) is 0 Å². The number of methoxy groups -OCH3 is 1. The molecule has 1 rings (SSSR count). The topological polar surface area (TPSA) is 27.7 Å². The molecule has 4 heteroatoms. The van der Waals surface area contributed by atoms with Crippen molar-refractivity contribution in [3.8, 4) is 0 Å². The predicted molar refractivity (Wildman–Crippen MR) is 30.3 cm³/mol. The van der Waals surface area contributed by atoms with Crippen molar-refractivity contribution in [1.29, 1.82) is 0 Å². The zero-order valence-corrected chi connectivity index (χ0v) is 5.44. The van der Waals surface area contributed by atoms with Gasteiger partial charge < -0.3 is 4.74 Å². The van der Waals surface area contributed by atoms with Crippen molar-refractivity contribution in [2.75, 3.05) is 20.3 Å². The van der Waals surface area contributed by atoms with Crippen LogP contribution in [0, 0.1) is 0 Å². The second-order valence-electron chi connectivity index (χ2n) is 1.53. The van der Waals surface area contributed by atoms with Crippen molar-refractivity contribution in [3.05, 3.63) is 0 Å². The van der Waals surface area contributed by atoms with E-state index in [0.717, 1.165) is 12.3 Å². The molecule has 1 heterocycles. The monoisotopic (exact) mass is 136 g/mol. The maximum absolute atomic E-state index is 4.96. The summed E-state index contributed by atoms with van der Waals surface area (Å²) >= 11 is 1.04. The molecule has 1 atom stereocenters. The predicted octanol–water partition coefficient (Wildman–Crippen LogP) is 0.611. The summed E-state index contributed by atoms with van der Waals surface area (Å²) in [7, 11) is 1.65. The second-order valence-corrected chi connectivity index (χ2v) is 2.09. The SMILES string of the molecule is COC[C@H]1COSO1. The first kappa shape index (κ1) is 6.35. The summed E-state index contributed by atoms with van der Waals surface area (Å²) in [5.74, 6) is 0. The molecule has 0 aromatic rings. The van der Waals surface area contributed by atoms with E-state index in [1.165, 1.54) is 0 Å². The average Bonchev–Trinajstić information content (AvgIpc) is 2.19. The summed E-state index contributed by atoms with van der Waals surface area (Å²) in [5.41, 5.74) is 0. The third-order valence-electron chi connectivity index (χ3n) is 0.830. The van der Waals surface area contributed by atoms with E-state index in [9.17, 15) is 0 Å². The molecule has 0 N–H and O–H groups in total. The minimum absolute atomic E-state index is 0.130. The third kappa shape index (κ3) is 1.63. The molecule has 3 nitrogen and oxygen atoms in total. The molecule has 0 radical (unpaired) electrons. The summed E-state index contributed by atoms with van der Waals surface area (Å²) < 4.78 is 14.6. The maximum Gasteiger partial charge on any atom is 0.159 e. The zero-order valence-electron chi connectivity index (χ0n) is 4.62. The first-order chi connectivity index (χ1) is 3.93. The highest BCUT2D eigenvalue weighted by atomic mass is 32.2. The fourth-order valence-corrected chi connectivity index (χ4v) is 0.962. The van der Waals surface area contributed by atoms with Gasteiger partial charge in [-0.3, -0.25) is 8.37 Å². The van der Waals surface area contributed by atoms with E-state index in [4.69, 9.17) is 13.1 Å². The molecule has 0 saturated carbocycles. The van der Waals surface area contributed by atoms with E-state index in [0.29, 0.717) is 13.2 Å². The number of hydrogen-bond acceptors (Lipinski definition) is 4. The van der Waals surface area contributed by atoms with Crippen LogP contribution in [0.5, 0.6) is 0 Å². The molecule has 0 aromatic heterocycles. The smallest absolute Gasteiger partial charge is 0.159 e. The van der Waals surface area contributed by atoms with Crippen molar-refractivity contribution < 1.29 is 13.1 Å². The number of rotatable bonds is 2. The Bertz CT molecular complexity index is 62.3. The minimum atomic E-state index is 0.130. The summed E-state index contributed by atoms with van der Waals surface area (Å²) in [6.45, 7) is 1.26. The van der Waals surface area contributed by atoms with Gasteiger partial charge in [-0.1, -0.05) is 0 Å². The van der Waals surface area contributed by atoms with Gasteiger partial charge in [0.05, 0.1) is 13.2 Å². The normalized spacial score (nSPS) is 28.9. The van der Waals surface area contributed by atoms with Crippen LogP contribution in [0.2, 0.25) is 0 Å². The van der Waals surface area contributed by atoms with Gasteiger partial charge in [-0.05, 0) is 0 Å². The lowest BCUT2D eigenvalue weighted by atomic mass is 10.4. The van der Waals surface area contributed by atoms with Crippen LogP contribution in [0.4, 0.5) is 0 Å². The van der Waals surface area contributed by atoms with Crippen LogP contribution in [0.3, 0.4) is 0 Å². The second kappa shape index (κ2) is 3.29. The molecule has 0 amide bonds. The van der Waals surface area contributed by atoms with Crippen LogP contribution in [0.1, 0.15) is 0 Å². The van der Waals surface area contributed by atoms with Gasteiger partial charge >= 0.3 is 0 Å². The Hall–Kier alpha value is 0.230. The Morgan fingerprint density at radius 3 is 3.25 bits per heavy atom. The highest BCUT2D eigenvalue weighted by Gasteiger charge is 2.16. The van der Waals surface area contributed by atoms with Crippen molar-refractivity contribution in [1.82, 2.24) is 0 Å². The summed E-state index contributed by atoms with van der Waals surface area (Å²) in [4.78, 5) is 0. The average molecular weight is 136 g/mol. The van der Waals surface area contributed by atoms with Crippen LogP contribution in [0.15, 0.2) is 0 Å². The molecule has 1 aliphatic heterocycles. The Labute approximate surface area is 52.7 Å². The van der Waals surface area contributed by atoms with Crippen molar-refractivity contribution in [2.24, 2.45) is 0 Å². The Morgan fingerprint density at radius 1 is 1.88 bits per heavy atom. The van der Waals surface area contributed by atoms with Gasteiger partial charge in [-0.2, -0.15) is 0 Å². The molecule has 1 fully saturated rings. The van der Waals surface area contributed by atoms with Crippen LogP contribution in [0.25, 0.3) is 0 Å². The Balaban J connectivity index is 2.06. The largest absolute Gasteiger partial charge is 0.382 e. The molecular formula is C4H8O3S. The van der Waals surface area contributed by atoms with E-state index in [-0.39, 0.29) is 6.10 Å². The molecule has 8 heavy (non-hydrogen) atoms.